The average molecular weight is 289 g/mol. The monoisotopic (exact) mass is 288 g/mol. The predicted molar refractivity (Wildman–Crippen MR) is 69.5 cm³/mol. The average Bonchev–Trinajstić information content (AvgIpc) is 2.71. The SMILES string of the molecule is O=C(CCl)N(c1cccnc1)[C@H]1CCS(=O)(=O)C1. The summed E-state index contributed by atoms with van der Waals surface area (Å²) in [5.41, 5.74) is 0.588. The molecular formula is C11H13ClN2O3S. The number of amides is 1. The predicted octanol–water partition coefficient (Wildman–Crippen LogP) is 0.841. The minimum absolute atomic E-state index is 0.00940. The van der Waals surface area contributed by atoms with E-state index in [-0.39, 0.29) is 29.3 Å². The Balaban J connectivity index is 2.30. The number of anilines is 1. The van der Waals surface area contributed by atoms with Crippen molar-refractivity contribution >= 4 is 33.0 Å². The first-order valence-corrected chi connectivity index (χ1v) is 7.87. The molecule has 1 fully saturated rings. The minimum Gasteiger partial charge on any atom is -0.306 e. The summed E-state index contributed by atoms with van der Waals surface area (Å²) in [7, 11) is -3.05. The van der Waals surface area contributed by atoms with Crippen molar-refractivity contribution in [3.05, 3.63) is 24.5 Å². The molecule has 0 spiro atoms. The maximum absolute atomic E-state index is 11.9. The second-order valence-electron chi connectivity index (χ2n) is 4.17. The van der Waals surface area contributed by atoms with Crippen LogP contribution < -0.4 is 4.90 Å². The molecular weight excluding hydrogens is 276 g/mol. The molecule has 7 heteroatoms. The maximum Gasteiger partial charge on any atom is 0.242 e. The van der Waals surface area contributed by atoms with E-state index in [4.69, 9.17) is 11.6 Å². The number of rotatable bonds is 3. The van der Waals surface area contributed by atoms with Crippen LogP contribution in [0.4, 0.5) is 5.69 Å². The second-order valence-corrected chi connectivity index (χ2v) is 6.66. The molecule has 5 nitrogen and oxygen atoms in total. The molecule has 0 bridgehead atoms. The Kier molecular flexibility index (Phi) is 3.87. The van der Waals surface area contributed by atoms with E-state index < -0.39 is 9.84 Å². The van der Waals surface area contributed by atoms with E-state index in [9.17, 15) is 13.2 Å². The molecule has 98 valence electrons. The lowest BCUT2D eigenvalue weighted by atomic mass is 10.2. The van der Waals surface area contributed by atoms with Crippen LogP contribution in [0, 0.1) is 0 Å². The number of carbonyl (C=O) groups is 1. The first-order chi connectivity index (χ1) is 8.53. The summed E-state index contributed by atoms with van der Waals surface area (Å²) < 4.78 is 23.0. The van der Waals surface area contributed by atoms with Gasteiger partial charge in [-0.25, -0.2) is 8.42 Å². The van der Waals surface area contributed by atoms with Crippen molar-refractivity contribution in [2.45, 2.75) is 12.5 Å². The summed E-state index contributed by atoms with van der Waals surface area (Å²) in [6.07, 6.45) is 3.58. The molecule has 2 rings (SSSR count). The van der Waals surface area contributed by atoms with Gasteiger partial charge >= 0.3 is 0 Å². The number of hydrogen-bond acceptors (Lipinski definition) is 4. The van der Waals surface area contributed by atoms with Crippen LogP contribution >= 0.6 is 11.6 Å². The lowest BCUT2D eigenvalue weighted by molar-refractivity contribution is -0.116. The molecule has 0 N–H and O–H groups in total. The number of sulfone groups is 1. The topological polar surface area (TPSA) is 67.3 Å². The van der Waals surface area contributed by atoms with Gasteiger partial charge in [0.15, 0.2) is 9.84 Å². The van der Waals surface area contributed by atoms with Crippen LogP contribution in [0.1, 0.15) is 6.42 Å². The van der Waals surface area contributed by atoms with E-state index in [1.807, 2.05) is 0 Å². The van der Waals surface area contributed by atoms with E-state index in [1.165, 1.54) is 11.1 Å². The van der Waals surface area contributed by atoms with Crippen LogP contribution in [0.5, 0.6) is 0 Å². The molecule has 1 aliphatic rings. The third-order valence-corrected chi connectivity index (χ3v) is 4.86. The molecule has 1 atom stereocenters. The number of nitrogens with zero attached hydrogens (tertiary/aromatic N) is 2. The van der Waals surface area contributed by atoms with Gasteiger partial charge in [-0.3, -0.25) is 9.78 Å². The van der Waals surface area contributed by atoms with E-state index >= 15 is 0 Å². The zero-order valence-electron chi connectivity index (χ0n) is 9.62. The van der Waals surface area contributed by atoms with Gasteiger partial charge in [0.1, 0.15) is 5.88 Å². The molecule has 0 saturated carbocycles. The minimum atomic E-state index is -3.05. The Morgan fingerprint density at radius 1 is 1.56 bits per heavy atom. The molecule has 0 aromatic carbocycles. The molecule has 1 amide bonds. The standard InChI is InChI=1S/C11H13ClN2O3S/c12-6-11(15)14(9-2-1-4-13-7-9)10-3-5-18(16,17)8-10/h1-2,4,7,10H,3,5-6,8H2/t10-/m0/s1. The normalized spacial score (nSPS) is 21.7. The zero-order valence-corrected chi connectivity index (χ0v) is 11.2. The van der Waals surface area contributed by atoms with Crippen LogP contribution in [0.3, 0.4) is 0 Å². The third kappa shape index (κ3) is 2.81. The molecule has 1 saturated heterocycles. The fraction of sp³-hybridized carbons (Fsp3) is 0.455. The Hall–Kier alpha value is -1.14. The number of hydrogen-bond donors (Lipinski definition) is 0. The highest BCUT2D eigenvalue weighted by Gasteiger charge is 2.35. The third-order valence-electron chi connectivity index (χ3n) is 2.88. The summed E-state index contributed by atoms with van der Waals surface area (Å²) in [6.45, 7) is 0. The Morgan fingerprint density at radius 2 is 2.33 bits per heavy atom. The summed E-state index contributed by atoms with van der Waals surface area (Å²) in [5, 5.41) is 0. The second kappa shape index (κ2) is 5.24. The van der Waals surface area contributed by atoms with Gasteiger partial charge < -0.3 is 4.90 Å². The highest BCUT2D eigenvalue weighted by Crippen LogP contribution is 2.24. The first kappa shape index (κ1) is 13.3. The molecule has 18 heavy (non-hydrogen) atoms. The molecule has 1 aromatic rings. The molecule has 1 aromatic heterocycles. The lowest BCUT2D eigenvalue weighted by Crippen LogP contribution is -2.42. The van der Waals surface area contributed by atoms with Crippen molar-refractivity contribution in [3.8, 4) is 0 Å². The largest absolute Gasteiger partial charge is 0.306 e. The van der Waals surface area contributed by atoms with Crippen LogP contribution in [0.2, 0.25) is 0 Å². The number of alkyl halides is 1. The first-order valence-electron chi connectivity index (χ1n) is 5.52. The fourth-order valence-electron chi connectivity index (χ4n) is 2.10. The maximum atomic E-state index is 11.9. The Bertz CT molecular complexity index is 532. The quantitative estimate of drug-likeness (QED) is 0.773. The number of carbonyl (C=O) groups excluding carboxylic acids is 1. The van der Waals surface area contributed by atoms with Gasteiger partial charge in [-0.2, -0.15) is 0 Å². The summed E-state index contributed by atoms with van der Waals surface area (Å²) >= 11 is 5.59. The van der Waals surface area contributed by atoms with E-state index in [1.54, 1.807) is 18.3 Å². The van der Waals surface area contributed by atoms with E-state index in [0.29, 0.717) is 12.1 Å². The van der Waals surface area contributed by atoms with Crippen LogP contribution in [-0.4, -0.2) is 42.7 Å². The van der Waals surface area contributed by atoms with Gasteiger partial charge in [-0.05, 0) is 18.6 Å². The van der Waals surface area contributed by atoms with Gasteiger partial charge in [0, 0.05) is 6.20 Å². The van der Waals surface area contributed by atoms with Crippen LogP contribution in [0.15, 0.2) is 24.5 Å². The van der Waals surface area contributed by atoms with Gasteiger partial charge in [0.2, 0.25) is 5.91 Å². The van der Waals surface area contributed by atoms with Crippen LogP contribution in [0.25, 0.3) is 0 Å². The molecule has 0 aliphatic carbocycles. The fourth-order valence-corrected chi connectivity index (χ4v) is 3.93. The Morgan fingerprint density at radius 3 is 2.83 bits per heavy atom. The van der Waals surface area contributed by atoms with Crippen molar-refractivity contribution in [1.82, 2.24) is 4.98 Å². The number of halogens is 1. The van der Waals surface area contributed by atoms with Gasteiger partial charge in [-0.1, -0.05) is 0 Å². The molecule has 0 unspecified atom stereocenters. The van der Waals surface area contributed by atoms with Crippen LogP contribution in [-0.2, 0) is 14.6 Å². The van der Waals surface area contributed by atoms with Gasteiger partial charge in [0.25, 0.3) is 0 Å². The summed E-state index contributed by atoms with van der Waals surface area (Å²) in [5.74, 6) is -0.369. The Labute approximate surface area is 111 Å². The molecule has 2 heterocycles. The molecule has 1 aliphatic heterocycles. The van der Waals surface area contributed by atoms with Crippen molar-refractivity contribution < 1.29 is 13.2 Å². The van der Waals surface area contributed by atoms with E-state index in [2.05, 4.69) is 4.98 Å². The smallest absolute Gasteiger partial charge is 0.242 e. The van der Waals surface area contributed by atoms with Crippen molar-refractivity contribution in [1.29, 1.82) is 0 Å². The molecule has 0 radical (unpaired) electrons. The van der Waals surface area contributed by atoms with Gasteiger partial charge in [-0.15, -0.1) is 11.6 Å². The van der Waals surface area contributed by atoms with E-state index in [0.717, 1.165) is 0 Å². The van der Waals surface area contributed by atoms with Crippen molar-refractivity contribution in [2.24, 2.45) is 0 Å². The zero-order chi connectivity index (χ0) is 13.2. The highest BCUT2D eigenvalue weighted by molar-refractivity contribution is 7.91. The summed E-state index contributed by atoms with van der Waals surface area (Å²) in [4.78, 5) is 17.3. The number of pyridine rings is 1. The van der Waals surface area contributed by atoms with Gasteiger partial charge in [0.05, 0.1) is 29.4 Å². The lowest BCUT2D eigenvalue weighted by Gasteiger charge is -2.27. The summed E-state index contributed by atoms with van der Waals surface area (Å²) in [6, 6.07) is 3.08. The van der Waals surface area contributed by atoms with Crippen molar-refractivity contribution in [2.75, 3.05) is 22.3 Å². The number of aromatic nitrogens is 1. The highest BCUT2D eigenvalue weighted by atomic mass is 35.5. The van der Waals surface area contributed by atoms with Crippen molar-refractivity contribution in [3.63, 3.8) is 0 Å².